The molecule has 0 radical (unpaired) electrons. The number of carbonyl (C=O) groups is 1. The van der Waals surface area contributed by atoms with E-state index in [9.17, 15) is 9.59 Å². The molecular weight excluding hydrogens is 860 g/mol. The number of hydrogen-bond donors (Lipinski definition) is 1. The van der Waals surface area contributed by atoms with Crippen molar-refractivity contribution < 1.29 is 14.3 Å². The number of aromatic nitrogens is 1. The molecule has 1 aromatic heterocycles. The van der Waals surface area contributed by atoms with Gasteiger partial charge in [0.15, 0.2) is 4.80 Å². The summed E-state index contributed by atoms with van der Waals surface area (Å²) in [7, 11) is 1.59. The number of methoxy groups -OCH3 is 1. The summed E-state index contributed by atoms with van der Waals surface area (Å²) in [4.78, 5) is 33.4. The Kier molecular flexibility index (Phi) is 9.70. The van der Waals surface area contributed by atoms with Crippen molar-refractivity contribution in [2.45, 2.75) is 19.6 Å². The topological polar surface area (TPSA) is 81.9 Å². The molecule has 1 aliphatic rings. The number of para-hydroxylation sites is 1. The number of benzene rings is 5. The summed E-state index contributed by atoms with van der Waals surface area (Å²) in [6.45, 7) is 2.25. The van der Waals surface area contributed by atoms with Crippen LogP contribution in [-0.4, -0.2) is 17.6 Å². The Hall–Kier alpha value is -4.27. The van der Waals surface area contributed by atoms with Crippen molar-refractivity contribution in [2.75, 3.05) is 12.4 Å². The molecule has 0 saturated heterocycles. The first-order valence-corrected chi connectivity index (χ1v) is 18.4. The largest absolute Gasteiger partial charge is 0.497 e. The van der Waals surface area contributed by atoms with Crippen LogP contribution in [-0.2, 0) is 11.4 Å². The maximum absolute atomic E-state index is 14.3. The van der Waals surface area contributed by atoms with Gasteiger partial charge in [-0.25, -0.2) is 4.99 Å². The van der Waals surface area contributed by atoms with Crippen LogP contribution < -0.4 is 29.7 Å². The number of ether oxygens (including phenoxy) is 2. The molecule has 2 heterocycles. The lowest BCUT2D eigenvalue weighted by atomic mass is 9.95. The molecule has 7 rings (SSSR count). The number of fused-ring (bicyclic) bond motifs is 2. The first kappa shape index (κ1) is 33.2. The number of thiazole rings is 1. The fourth-order valence-corrected chi connectivity index (χ4v) is 9.15. The standard InChI is InChI=1S/C39H29I2N3O4S/c1-23-34(37(45)43-28-14-4-3-5-15-28)35(26-12-9-16-29(21-26)47-2)44-38(46)33(49-39(44)42-23)20-24-18-31(40)36(32(41)19-24)48-22-27-13-8-11-25-10-6-7-17-30(25)27/h3-21,35H,22H2,1-2H3,(H,43,45)/b33-20-/t35-/m1/s1. The molecule has 6 aromatic rings. The third kappa shape index (κ3) is 6.81. The molecule has 49 heavy (non-hydrogen) atoms. The molecule has 0 bridgehead atoms. The Bertz CT molecular complexity index is 2430. The zero-order chi connectivity index (χ0) is 34.1. The predicted molar refractivity (Wildman–Crippen MR) is 212 cm³/mol. The summed E-state index contributed by atoms with van der Waals surface area (Å²) in [5, 5.41) is 5.34. The average molecular weight is 890 g/mol. The molecule has 10 heteroatoms. The molecule has 1 aliphatic heterocycles. The first-order valence-electron chi connectivity index (χ1n) is 15.4. The zero-order valence-electron chi connectivity index (χ0n) is 26.4. The summed E-state index contributed by atoms with van der Waals surface area (Å²) in [6.07, 6.45) is 1.88. The minimum Gasteiger partial charge on any atom is -0.497 e. The van der Waals surface area contributed by atoms with E-state index in [0.29, 0.717) is 38.6 Å². The fourth-order valence-electron chi connectivity index (χ4n) is 5.98. The molecule has 244 valence electrons. The number of rotatable bonds is 8. The van der Waals surface area contributed by atoms with Crippen LogP contribution in [0.2, 0.25) is 0 Å². The Morgan fingerprint density at radius 2 is 1.65 bits per heavy atom. The van der Waals surface area contributed by atoms with Crippen molar-refractivity contribution in [3.05, 3.63) is 164 Å². The van der Waals surface area contributed by atoms with E-state index in [1.54, 1.807) is 11.7 Å². The van der Waals surface area contributed by atoms with Gasteiger partial charge in [-0.15, -0.1) is 0 Å². The van der Waals surface area contributed by atoms with Crippen molar-refractivity contribution in [1.29, 1.82) is 0 Å². The molecule has 0 unspecified atom stereocenters. The lowest BCUT2D eigenvalue weighted by Crippen LogP contribution is -2.40. The van der Waals surface area contributed by atoms with Gasteiger partial charge in [0.25, 0.3) is 11.5 Å². The van der Waals surface area contributed by atoms with Gasteiger partial charge in [-0.3, -0.25) is 14.2 Å². The Morgan fingerprint density at radius 3 is 2.43 bits per heavy atom. The first-order chi connectivity index (χ1) is 23.8. The molecule has 0 aliphatic carbocycles. The number of allylic oxidation sites excluding steroid dienone is 1. The third-order valence-electron chi connectivity index (χ3n) is 8.28. The summed E-state index contributed by atoms with van der Waals surface area (Å²) in [6, 6.07) is 34.6. The molecular formula is C39H29I2N3O4S. The average Bonchev–Trinajstić information content (AvgIpc) is 3.41. The number of nitrogens with zero attached hydrogens (tertiary/aromatic N) is 2. The highest BCUT2D eigenvalue weighted by Gasteiger charge is 2.33. The summed E-state index contributed by atoms with van der Waals surface area (Å²) < 4.78 is 15.9. The van der Waals surface area contributed by atoms with Crippen LogP contribution in [0, 0.1) is 7.14 Å². The number of hydrogen-bond acceptors (Lipinski definition) is 6. The van der Waals surface area contributed by atoms with E-state index < -0.39 is 6.04 Å². The second-order valence-electron chi connectivity index (χ2n) is 11.4. The Balaban J connectivity index is 1.25. The molecule has 0 saturated carbocycles. The fraction of sp³-hybridized carbons (Fsp3) is 0.103. The van der Waals surface area contributed by atoms with Gasteiger partial charge in [0.05, 0.1) is 36.1 Å². The van der Waals surface area contributed by atoms with Gasteiger partial charge in [0, 0.05) is 5.69 Å². The minimum atomic E-state index is -0.706. The lowest BCUT2D eigenvalue weighted by molar-refractivity contribution is -0.113. The smallest absolute Gasteiger partial charge is 0.271 e. The number of amides is 1. The number of nitrogens with one attached hydrogen (secondary N) is 1. The van der Waals surface area contributed by atoms with Crippen LogP contribution in [0.1, 0.15) is 29.7 Å². The van der Waals surface area contributed by atoms with E-state index in [-0.39, 0.29) is 11.5 Å². The monoisotopic (exact) mass is 889 g/mol. The van der Waals surface area contributed by atoms with Crippen LogP contribution in [0.15, 0.2) is 130 Å². The molecule has 0 spiro atoms. The molecule has 7 nitrogen and oxygen atoms in total. The van der Waals surface area contributed by atoms with Gasteiger partial charge < -0.3 is 14.8 Å². The second-order valence-corrected chi connectivity index (χ2v) is 14.8. The van der Waals surface area contributed by atoms with Crippen LogP contribution >= 0.6 is 56.5 Å². The second kappa shape index (κ2) is 14.3. The molecule has 1 atom stereocenters. The highest BCUT2D eigenvalue weighted by atomic mass is 127. The van der Waals surface area contributed by atoms with E-state index in [1.165, 1.54) is 22.1 Å². The van der Waals surface area contributed by atoms with E-state index in [1.807, 2.05) is 91.9 Å². The van der Waals surface area contributed by atoms with Crippen LogP contribution in [0.25, 0.3) is 16.8 Å². The van der Waals surface area contributed by atoms with Crippen LogP contribution in [0.3, 0.4) is 0 Å². The highest BCUT2D eigenvalue weighted by Crippen LogP contribution is 2.33. The maximum Gasteiger partial charge on any atom is 0.271 e. The SMILES string of the molecule is COc1cccc([C@@H]2C(C(=O)Nc3ccccc3)=C(C)N=c3s/c(=C\c4cc(I)c(OCc5cccc6ccccc56)c(I)c4)c(=O)n32)c1. The molecule has 1 amide bonds. The van der Waals surface area contributed by atoms with Gasteiger partial charge in [0.2, 0.25) is 0 Å². The van der Waals surface area contributed by atoms with E-state index >= 15 is 0 Å². The summed E-state index contributed by atoms with van der Waals surface area (Å²) in [5.41, 5.74) is 4.11. The predicted octanol–water partition coefficient (Wildman–Crippen LogP) is 7.82. The van der Waals surface area contributed by atoms with E-state index in [0.717, 1.165) is 29.6 Å². The molecule has 0 fully saturated rings. The van der Waals surface area contributed by atoms with Crippen molar-refractivity contribution in [1.82, 2.24) is 4.57 Å². The van der Waals surface area contributed by atoms with Crippen molar-refractivity contribution in [3.8, 4) is 11.5 Å². The summed E-state index contributed by atoms with van der Waals surface area (Å²) in [5.74, 6) is 1.11. The van der Waals surface area contributed by atoms with Crippen molar-refractivity contribution in [3.63, 3.8) is 0 Å². The molecule has 5 aromatic carbocycles. The van der Waals surface area contributed by atoms with Crippen LogP contribution in [0.4, 0.5) is 5.69 Å². The van der Waals surface area contributed by atoms with Gasteiger partial charge in [-0.2, -0.15) is 0 Å². The minimum absolute atomic E-state index is 0.227. The van der Waals surface area contributed by atoms with E-state index in [2.05, 4.69) is 80.8 Å². The van der Waals surface area contributed by atoms with Gasteiger partial charge in [0.1, 0.15) is 18.1 Å². The Morgan fingerprint density at radius 1 is 0.939 bits per heavy atom. The lowest BCUT2D eigenvalue weighted by Gasteiger charge is -2.25. The number of carbonyl (C=O) groups excluding carboxylic acids is 1. The van der Waals surface area contributed by atoms with Gasteiger partial charge >= 0.3 is 0 Å². The quantitative estimate of drug-likeness (QED) is 0.158. The maximum atomic E-state index is 14.3. The van der Waals surface area contributed by atoms with Crippen molar-refractivity contribution in [2.24, 2.45) is 4.99 Å². The normalized spacial score (nSPS) is 14.4. The van der Waals surface area contributed by atoms with Crippen molar-refractivity contribution >= 4 is 85.0 Å². The van der Waals surface area contributed by atoms with Gasteiger partial charge in [-0.1, -0.05) is 84.1 Å². The number of anilines is 1. The molecule has 1 N–H and O–H groups in total. The van der Waals surface area contributed by atoms with Gasteiger partial charge in [-0.05, 0) is 122 Å². The number of halogens is 2. The van der Waals surface area contributed by atoms with Crippen LogP contribution in [0.5, 0.6) is 11.5 Å². The van der Waals surface area contributed by atoms with E-state index in [4.69, 9.17) is 14.5 Å². The Labute approximate surface area is 313 Å². The summed E-state index contributed by atoms with van der Waals surface area (Å²) >= 11 is 5.88. The highest BCUT2D eigenvalue weighted by molar-refractivity contribution is 14.1. The third-order valence-corrected chi connectivity index (χ3v) is 10.9. The zero-order valence-corrected chi connectivity index (χ0v) is 31.6.